The number of imidazole rings is 1. The normalized spacial score (nSPS) is 27.9. The lowest BCUT2D eigenvalue weighted by molar-refractivity contribution is -0.143. The molecule has 1 aromatic heterocycles. The molecule has 2 fully saturated rings. The molecular formula is C19H31N3O2. The number of rotatable bonds is 5. The number of carbonyl (C=O) groups is 1. The topological polar surface area (TPSA) is 56.2 Å². The molecule has 1 N–H and O–H groups in total. The van der Waals surface area contributed by atoms with Crippen LogP contribution in [-0.4, -0.2) is 34.2 Å². The number of morpholine rings is 1. The molecule has 2 aliphatic rings. The third-order valence-corrected chi connectivity index (χ3v) is 5.59. The molecule has 2 unspecified atom stereocenters. The fourth-order valence-corrected chi connectivity index (χ4v) is 3.79. The highest BCUT2D eigenvalue weighted by Gasteiger charge is 2.28. The molecule has 0 aromatic carbocycles. The highest BCUT2D eigenvalue weighted by Crippen LogP contribution is 2.39. The summed E-state index contributed by atoms with van der Waals surface area (Å²) in [6, 6.07) is 0. The molecule has 1 aliphatic carbocycles. The number of amides is 1. The molecule has 1 aromatic rings. The second-order valence-corrected chi connectivity index (χ2v) is 8.38. The number of ether oxygens (including phenoxy) is 1. The Balaban J connectivity index is 1.46. The van der Waals surface area contributed by atoms with Crippen LogP contribution in [0.15, 0.2) is 12.5 Å². The molecule has 1 aliphatic heterocycles. The van der Waals surface area contributed by atoms with Gasteiger partial charge in [0, 0.05) is 25.7 Å². The molecule has 1 amide bonds. The number of hydrogen-bond donors (Lipinski definition) is 1. The van der Waals surface area contributed by atoms with Gasteiger partial charge in [0.25, 0.3) is 0 Å². The van der Waals surface area contributed by atoms with E-state index < -0.39 is 6.10 Å². The van der Waals surface area contributed by atoms with Crippen molar-refractivity contribution in [1.82, 2.24) is 14.9 Å². The first kappa shape index (κ1) is 17.5. The highest BCUT2D eigenvalue weighted by atomic mass is 16.5. The average molecular weight is 333 g/mol. The van der Waals surface area contributed by atoms with Crippen molar-refractivity contribution in [3.05, 3.63) is 18.2 Å². The van der Waals surface area contributed by atoms with Gasteiger partial charge in [-0.2, -0.15) is 0 Å². The van der Waals surface area contributed by atoms with E-state index in [9.17, 15) is 4.79 Å². The van der Waals surface area contributed by atoms with Gasteiger partial charge in [-0.15, -0.1) is 0 Å². The van der Waals surface area contributed by atoms with E-state index in [0.29, 0.717) is 18.4 Å². The number of aromatic nitrogens is 2. The zero-order valence-corrected chi connectivity index (χ0v) is 15.3. The Kier molecular flexibility index (Phi) is 5.28. The first-order chi connectivity index (χ1) is 11.4. The molecule has 2 atom stereocenters. The van der Waals surface area contributed by atoms with Crippen molar-refractivity contribution in [3.63, 3.8) is 0 Å². The van der Waals surface area contributed by atoms with Gasteiger partial charge in [-0.1, -0.05) is 13.8 Å². The quantitative estimate of drug-likeness (QED) is 0.901. The monoisotopic (exact) mass is 333 g/mol. The van der Waals surface area contributed by atoms with Gasteiger partial charge in [-0.05, 0) is 50.4 Å². The third kappa shape index (κ3) is 4.59. The van der Waals surface area contributed by atoms with Crippen molar-refractivity contribution in [3.8, 4) is 0 Å². The third-order valence-electron chi connectivity index (χ3n) is 5.59. The highest BCUT2D eigenvalue weighted by molar-refractivity contribution is 5.81. The Bertz CT molecular complexity index is 557. The van der Waals surface area contributed by atoms with Crippen LogP contribution in [0, 0.1) is 11.3 Å². The summed E-state index contributed by atoms with van der Waals surface area (Å²) in [6.07, 6.45) is 10.8. The van der Waals surface area contributed by atoms with Gasteiger partial charge in [-0.25, -0.2) is 4.98 Å². The van der Waals surface area contributed by atoms with Crippen molar-refractivity contribution < 1.29 is 9.53 Å². The predicted molar refractivity (Wildman–Crippen MR) is 93.6 cm³/mol. The van der Waals surface area contributed by atoms with E-state index >= 15 is 0 Å². The summed E-state index contributed by atoms with van der Waals surface area (Å²) < 4.78 is 7.89. The Morgan fingerprint density at radius 2 is 2.12 bits per heavy atom. The lowest BCUT2D eigenvalue weighted by Gasteiger charge is -2.34. The number of hydrogen-bond acceptors (Lipinski definition) is 3. The van der Waals surface area contributed by atoms with Gasteiger partial charge < -0.3 is 14.6 Å². The lowest BCUT2D eigenvalue weighted by Crippen LogP contribution is -2.49. The summed E-state index contributed by atoms with van der Waals surface area (Å²) >= 11 is 0. The molecule has 0 spiro atoms. The molecule has 5 heteroatoms. The first-order valence-corrected chi connectivity index (χ1v) is 9.35. The molecule has 0 radical (unpaired) electrons. The van der Waals surface area contributed by atoms with Gasteiger partial charge in [-0.3, -0.25) is 4.79 Å². The van der Waals surface area contributed by atoms with Crippen LogP contribution in [-0.2, 0) is 22.5 Å². The Morgan fingerprint density at radius 3 is 2.88 bits per heavy atom. The van der Waals surface area contributed by atoms with Crippen LogP contribution in [0.4, 0.5) is 0 Å². The largest absolute Gasteiger partial charge is 0.363 e. The molecule has 0 bridgehead atoms. The van der Waals surface area contributed by atoms with Crippen LogP contribution < -0.4 is 5.32 Å². The summed E-state index contributed by atoms with van der Waals surface area (Å²) in [5.74, 6) is 0.824. The lowest BCUT2D eigenvalue weighted by atomic mass is 9.72. The fourth-order valence-electron chi connectivity index (χ4n) is 3.79. The van der Waals surface area contributed by atoms with E-state index in [2.05, 4.69) is 34.9 Å². The first-order valence-electron chi connectivity index (χ1n) is 9.35. The summed E-state index contributed by atoms with van der Waals surface area (Å²) in [5, 5.41) is 2.89. The molecule has 3 rings (SSSR count). The summed E-state index contributed by atoms with van der Waals surface area (Å²) in [4.78, 5) is 16.3. The number of carbonyl (C=O) groups excluding carboxylic acids is 1. The van der Waals surface area contributed by atoms with Gasteiger partial charge in [0.05, 0.1) is 18.1 Å². The predicted octanol–water partition coefficient (Wildman–Crippen LogP) is 2.94. The van der Waals surface area contributed by atoms with E-state index in [1.807, 2.05) is 13.3 Å². The van der Waals surface area contributed by atoms with Gasteiger partial charge in [0.2, 0.25) is 5.91 Å². The molecule has 2 heterocycles. The molecule has 24 heavy (non-hydrogen) atoms. The van der Waals surface area contributed by atoms with Crippen LogP contribution in [0.25, 0.3) is 0 Å². The Hall–Kier alpha value is -1.36. The Labute approximate surface area is 145 Å². The van der Waals surface area contributed by atoms with E-state index in [1.165, 1.54) is 32.1 Å². The van der Waals surface area contributed by atoms with Gasteiger partial charge in [0.1, 0.15) is 6.10 Å². The zero-order chi connectivity index (χ0) is 17.2. The maximum absolute atomic E-state index is 11.9. The maximum Gasteiger partial charge on any atom is 0.249 e. The minimum Gasteiger partial charge on any atom is -0.363 e. The van der Waals surface area contributed by atoms with E-state index in [-0.39, 0.29) is 12.0 Å². The minimum absolute atomic E-state index is 0.0209. The average Bonchev–Trinajstić information content (AvgIpc) is 2.97. The molecule has 1 saturated carbocycles. The Morgan fingerprint density at radius 1 is 1.38 bits per heavy atom. The van der Waals surface area contributed by atoms with Gasteiger partial charge in [0.15, 0.2) is 0 Å². The van der Waals surface area contributed by atoms with E-state index in [4.69, 9.17) is 4.74 Å². The van der Waals surface area contributed by atoms with E-state index in [1.54, 1.807) is 0 Å². The second-order valence-electron chi connectivity index (χ2n) is 8.38. The standard InChI is InChI=1S/C19H31N3O2/c1-14-11-20-18(23)17(24-14)10-16-12-22(13-21-16)9-6-15-4-7-19(2,3)8-5-15/h12-15,17H,4-11H2,1-3H3,(H,20,23). The van der Waals surface area contributed by atoms with Crippen molar-refractivity contribution >= 4 is 5.91 Å². The van der Waals surface area contributed by atoms with Crippen LogP contribution in [0.1, 0.15) is 58.6 Å². The maximum atomic E-state index is 11.9. The van der Waals surface area contributed by atoms with Crippen LogP contribution in [0.5, 0.6) is 0 Å². The molecule has 5 nitrogen and oxygen atoms in total. The van der Waals surface area contributed by atoms with Crippen LogP contribution >= 0.6 is 0 Å². The smallest absolute Gasteiger partial charge is 0.249 e. The number of nitrogens with one attached hydrogen (secondary N) is 1. The molecule has 1 saturated heterocycles. The second kappa shape index (κ2) is 7.26. The van der Waals surface area contributed by atoms with Crippen molar-refractivity contribution in [2.75, 3.05) is 6.54 Å². The zero-order valence-electron chi connectivity index (χ0n) is 15.3. The molecular weight excluding hydrogens is 302 g/mol. The van der Waals surface area contributed by atoms with Crippen molar-refractivity contribution in [2.45, 2.75) is 78.0 Å². The SMILES string of the molecule is CC1CNC(=O)C(Cc2cn(CCC3CCC(C)(C)CC3)cn2)O1. The van der Waals surface area contributed by atoms with Crippen molar-refractivity contribution in [2.24, 2.45) is 11.3 Å². The minimum atomic E-state index is -0.405. The number of aryl methyl sites for hydroxylation is 1. The van der Waals surface area contributed by atoms with Crippen molar-refractivity contribution in [1.29, 1.82) is 0 Å². The van der Waals surface area contributed by atoms with E-state index in [0.717, 1.165) is 18.2 Å². The van der Waals surface area contributed by atoms with Crippen LogP contribution in [0.2, 0.25) is 0 Å². The summed E-state index contributed by atoms with van der Waals surface area (Å²) in [5.41, 5.74) is 1.48. The summed E-state index contributed by atoms with van der Waals surface area (Å²) in [7, 11) is 0. The molecule has 134 valence electrons. The fraction of sp³-hybridized carbons (Fsp3) is 0.789. The van der Waals surface area contributed by atoms with Crippen LogP contribution in [0.3, 0.4) is 0 Å². The summed E-state index contributed by atoms with van der Waals surface area (Å²) in [6.45, 7) is 8.37. The number of nitrogens with zero attached hydrogens (tertiary/aromatic N) is 2. The van der Waals surface area contributed by atoms with Gasteiger partial charge >= 0.3 is 0 Å².